The zero-order valence-electron chi connectivity index (χ0n) is 13.1. The number of anilines is 1. The van der Waals surface area contributed by atoms with Crippen LogP contribution in [0.1, 0.15) is 16.9 Å². The van der Waals surface area contributed by atoms with E-state index in [1.165, 1.54) is 11.3 Å². The number of carbonyl (C=O) groups excluding carboxylic acids is 1. The van der Waals surface area contributed by atoms with Gasteiger partial charge in [0.15, 0.2) is 0 Å². The van der Waals surface area contributed by atoms with Gasteiger partial charge in [0.2, 0.25) is 5.91 Å². The highest BCUT2D eigenvalue weighted by Crippen LogP contribution is 2.13. The fourth-order valence-electron chi connectivity index (χ4n) is 2.07. The van der Waals surface area contributed by atoms with Crippen molar-refractivity contribution in [2.45, 2.75) is 12.8 Å². The number of benzene rings is 1. The van der Waals surface area contributed by atoms with Gasteiger partial charge in [-0.1, -0.05) is 18.2 Å². The minimum atomic E-state index is -0.0312. The maximum absolute atomic E-state index is 11.7. The molecule has 0 aliphatic heterocycles. The van der Waals surface area contributed by atoms with Crippen molar-refractivity contribution in [3.8, 4) is 0 Å². The third-order valence-corrected chi connectivity index (χ3v) is 4.17. The summed E-state index contributed by atoms with van der Waals surface area (Å²) in [6.45, 7) is 0.697. The van der Waals surface area contributed by atoms with Crippen LogP contribution in [0.15, 0.2) is 47.9 Å². The smallest absolute Gasteiger partial charge is 0.244 e. The van der Waals surface area contributed by atoms with E-state index in [9.17, 15) is 4.79 Å². The van der Waals surface area contributed by atoms with E-state index in [1.54, 1.807) is 17.4 Å². The Hall–Kier alpha value is -2.07. The Morgan fingerprint density at radius 2 is 2.00 bits per heavy atom. The molecule has 0 aliphatic carbocycles. The molecule has 0 atom stereocenters. The first kappa shape index (κ1) is 16.3. The van der Waals surface area contributed by atoms with E-state index in [-0.39, 0.29) is 5.91 Å². The van der Waals surface area contributed by atoms with E-state index in [0.29, 0.717) is 6.54 Å². The molecule has 0 bridgehead atoms. The number of rotatable bonds is 7. The third-order valence-electron chi connectivity index (χ3n) is 3.34. The summed E-state index contributed by atoms with van der Waals surface area (Å²) in [5.41, 5.74) is 2.50. The summed E-state index contributed by atoms with van der Waals surface area (Å²) in [5.74, 6) is -0.0312. The predicted molar refractivity (Wildman–Crippen MR) is 95.5 cm³/mol. The maximum Gasteiger partial charge on any atom is 0.244 e. The van der Waals surface area contributed by atoms with E-state index >= 15 is 0 Å². The second-order valence-corrected chi connectivity index (χ2v) is 6.28. The molecule has 4 heteroatoms. The SMILES string of the molecule is CN(C)c1ccc(CCCNC(=O)/C=C/c2cccs2)cc1. The van der Waals surface area contributed by atoms with Gasteiger partial charge >= 0.3 is 0 Å². The summed E-state index contributed by atoms with van der Waals surface area (Å²) >= 11 is 1.62. The summed E-state index contributed by atoms with van der Waals surface area (Å²) < 4.78 is 0. The van der Waals surface area contributed by atoms with Crippen molar-refractivity contribution in [3.63, 3.8) is 0 Å². The highest BCUT2D eigenvalue weighted by molar-refractivity contribution is 7.10. The molecule has 1 heterocycles. The molecule has 1 aromatic carbocycles. The molecule has 0 unspecified atom stereocenters. The monoisotopic (exact) mass is 314 g/mol. The first-order valence-corrected chi connectivity index (χ1v) is 8.29. The Balaban J connectivity index is 1.67. The van der Waals surface area contributed by atoms with Crippen molar-refractivity contribution >= 4 is 29.0 Å². The zero-order chi connectivity index (χ0) is 15.8. The van der Waals surface area contributed by atoms with Gasteiger partial charge in [-0.2, -0.15) is 0 Å². The number of nitrogens with zero attached hydrogens (tertiary/aromatic N) is 1. The molecular weight excluding hydrogens is 292 g/mol. The molecule has 0 aliphatic rings. The minimum absolute atomic E-state index is 0.0312. The summed E-state index contributed by atoms with van der Waals surface area (Å²) in [6, 6.07) is 12.5. The van der Waals surface area contributed by atoms with Crippen molar-refractivity contribution in [1.82, 2.24) is 5.32 Å². The molecule has 3 nitrogen and oxygen atoms in total. The minimum Gasteiger partial charge on any atom is -0.378 e. The van der Waals surface area contributed by atoms with Crippen LogP contribution in [0.3, 0.4) is 0 Å². The molecule has 0 saturated carbocycles. The Labute approximate surface area is 136 Å². The van der Waals surface area contributed by atoms with Crippen LogP contribution >= 0.6 is 11.3 Å². The molecule has 1 N–H and O–H groups in total. The molecule has 116 valence electrons. The number of hydrogen-bond donors (Lipinski definition) is 1. The lowest BCUT2D eigenvalue weighted by atomic mass is 10.1. The fraction of sp³-hybridized carbons (Fsp3) is 0.278. The summed E-state index contributed by atoms with van der Waals surface area (Å²) in [7, 11) is 4.07. The lowest BCUT2D eigenvalue weighted by Crippen LogP contribution is -2.22. The van der Waals surface area contributed by atoms with Crippen LogP contribution < -0.4 is 10.2 Å². The van der Waals surface area contributed by atoms with Crippen molar-refractivity contribution in [2.75, 3.05) is 25.5 Å². The number of thiophene rings is 1. The van der Waals surface area contributed by atoms with Crippen LogP contribution in [0.5, 0.6) is 0 Å². The second kappa shape index (κ2) is 8.39. The van der Waals surface area contributed by atoms with Crippen molar-refractivity contribution < 1.29 is 4.79 Å². The molecule has 1 aromatic heterocycles. The fourth-order valence-corrected chi connectivity index (χ4v) is 2.69. The van der Waals surface area contributed by atoms with Gasteiger partial charge in [0.05, 0.1) is 0 Å². The molecule has 2 aromatic rings. The van der Waals surface area contributed by atoms with Gasteiger partial charge in [0, 0.05) is 37.3 Å². The highest BCUT2D eigenvalue weighted by atomic mass is 32.1. The molecule has 1 amide bonds. The van der Waals surface area contributed by atoms with Crippen LogP contribution in [0.4, 0.5) is 5.69 Å². The summed E-state index contributed by atoms with van der Waals surface area (Å²) in [5, 5.41) is 4.91. The van der Waals surface area contributed by atoms with Crippen molar-refractivity contribution in [1.29, 1.82) is 0 Å². The van der Waals surface area contributed by atoms with Crippen molar-refractivity contribution in [3.05, 3.63) is 58.3 Å². The molecule has 0 radical (unpaired) electrons. The first-order valence-electron chi connectivity index (χ1n) is 7.41. The van der Waals surface area contributed by atoms with E-state index in [2.05, 4.69) is 34.5 Å². The van der Waals surface area contributed by atoms with Crippen LogP contribution in [0.25, 0.3) is 6.08 Å². The standard InChI is InChI=1S/C18H22N2OS/c1-20(2)16-9-7-15(8-10-16)5-3-13-19-18(21)12-11-17-6-4-14-22-17/h4,6-12,14H,3,5,13H2,1-2H3,(H,19,21)/b12-11+. The Morgan fingerprint density at radius 1 is 1.23 bits per heavy atom. The Morgan fingerprint density at radius 3 is 2.64 bits per heavy atom. The summed E-state index contributed by atoms with van der Waals surface area (Å²) in [6.07, 6.45) is 5.36. The molecule has 0 fully saturated rings. The Kier molecular flexibility index (Phi) is 6.22. The predicted octanol–water partition coefficient (Wildman–Crippen LogP) is 3.58. The molecule has 2 rings (SSSR count). The van der Waals surface area contributed by atoms with Gasteiger partial charge in [-0.15, -0.1) is 11.3 Å². The number of nitrogens with one attached hydrogen (secondary N) is 1. The lowest BCUT2D eigenvalue weighted by molar-refractivity contribution is -0.116. The van der Waals surface area contributed by atoms with Crippen LogP contribution in [-0.4, -0.2) is 26.5 Å². The number of carbonyl (C=O) groups is 1. The number of aryl methyl sites for hydroxylation is 1. The second-order valence-electron chi connectivity index (χ2n) is 5.30. The Bertz CT molecular complexity index is 601. The summed E-state index contributed by atoms with van der Waals surface area (Å²) in [4.78, 5) is 14.9. The van der Waals surface area contributed by atoms with Gasteiger partial charge in [0.25, 0.3) is 0 Å². The van der Waals surface area contributed by atoms with Gasteiger partial charge in [-0.25, -0.2) is 0 Å². The maximum atomic E-state index is 11.7. The van der Waals surface area contributed by atoms with Crippen LogP contribution in [0, 0.1) is 0 Å². The quantitative estimate of drug-likeness (QED) is 0.626. The number of hydrogen-bond acceptors (Lipinski definition) is 3. The third kappa shape index (κ3) is 5.37. The van der Waals surface area contributed by atoms with E-state index in [4.69, 9.17) is 0 Å². The lowest BCUT2D eigenvalue weighted by Gasteiger charge is -2.12. The molecule has 22 heavy (non-hydrogen) atoms. The van der Waals surface area contributed by atoms with Gasteiger partial charge < -0.3 is 10.2 Å². The van der Waals surface area contributed by atoms with Crippen LogP contribution in [0.2, 0.25) is 0 Å². The first-order chi connectivity index (χ1) is 10.6. The van der Waals surface area contributed by atoms with Gasteiger partial charge in [-0.05, 0) is 48.1 Å². The van der Waals surface area contributed by atoms with Crippen LogP contribution in [-0.2, 0) is 11.2 Å². The highest BCUT2D eigenvalue weighted by Gasteiger charge is 1.98. The normalized spacial score (nSPS) is 10.8. The van der Waals surface area contributed by atoms with Gasteiger partial charge in [-0.3, -0.25) is 4.79 Å². The van der Waals surface area contributed by atoms with Crippen molar-refractivity contribution in [2.24, 2.45) is 0 Å². The average molecular weight is 314 g/mol. The largest absolute Gasteiger partial charge is 0.378 e. The van der Waals surface area contributed by atoms with E-state index in [0.717, 1.165) is 17.7 Å². The molecule has 0 saturated heterocycles. The van der Waals surface area contributed by atoms with Gasteiger partial charge in [0.1, 0.15) is 0 Å². The number of amides is 1. The van der Waals surface area contributed by atoms with E-state index < -0.39 is 0 Å². The topological polar surface area (TPSA) is 32.3 Å². The van der Waals surface area contributed by atoms with E-state index in [1.807, 2.05) is 37.7 Å². The zero-order valence-corrected chi connectivity index (χ0v) is 13.9. The molecular formula is C18H22N2OS. The average Bonchev–Trinajstić information content (AvgIpc) is 3.03. The molecule has 0 spiro atoms.